The second kappa shape index (κ2) is 7.80. The molecule has 1 atom stereocenters. The van der Waals surface area contributed by atoms with Gasteiger partial charge in [-0.3, -0.25) is 14.7 Å². The number of benzene rings is 1. The monoisotopic (exact) mass is 364 g/mol. The molecule has 0 spiro atoms. The van der Waals surface area contributed by atoms with Gasteiger partial charge in [0.15, 0.2) is 5.78 Å². The van der Waals surface area contributed by atoms with E-state index in [0.29, 0.717) is 5.69 Å². The first kappa shape index (κ1) is 17.5. The van der Waals surface area contributed by atoms with Crippen LogP contribution in [0.5, 0.6) is 0 Å². The molecule has 1 saturated heterocycles. The first-order valence-corrected chi connectivity index (χ1v) is 9.16. The summed E-state index contributed by atoms with van der Waals surface area (Å²) in [5, 5.41) is 4.37. The zero-order valence-corrected chi connectivity index (χ0v) is 15.0. The van der Waals surface area contributed by atoms with Crippen LogP contribution >= 0.6 is 0 Å². The fraction of sp³-hybridized carbons (Fsp3) is 0.286. The number of pyridine rings is 1. The Hall–Kier alpha value is -2.86. The molecule has 4 rings (SSSR count). The number of ketones is 1. The number of likely N-dealkylation sites (tertiary alicyclic amines) is 1. The van der Waals surface area contributed by atoms with Crippen molar-refractivity contribution in [1.82, 2.24) is 19.7 Å². The third kappa shape index (κ3) is 4.11. The lowest BCUT2D eigenvalue weighted by Crippen LogP contribution is -2.38. The molecule has 0 radical (unpaired) electrons. The number of Topliss-reactive ketones (excluding diaryl/α,β-unsaturated/α-hetero) is 1. The van der Waals surface area contributed by atoms with Crippen molar-refractivity contribution >= 4 is 5.78 Å². The Labute approximate surface area is 157 Å². The van der Waals surface area contributed by atoms with Crippen LogP contribution in [0.1, 0.15) is 28.9 Å². The van der Waals surface area contributed by atoms with Gasteiger partial charge in [0.1, 0.15) is 11.5 Å². The Morgan fingerprint density at radius 2 is 2.04 bits per heavy atom. The van der Waals surface area contributed by atoms with Crippen LogP contribution in [0.3, 0.4) is 0 Å². The molecular formula is C21H21FN4O. The quantitative estimate of drug-likeness (QED) is 0.650. The normalized spacial score (nSPS) is 17.7. The minimum absolute atomic E-state index is 0.0132. The number of hydrogen-bond donors (Lipinski definition) is 0. The van der Waals surface area contributed by atoms with Crippen molar-refractivity contribution < 1.29 is 9.18 Å². The zero-order chi connectivity index (χ0) is 18.6. The first-order valence-electron chi connectivity index (χ1n) is 9.16. The van der Waals surface area contributed by atoms with E-state index in [1.165, 1.54) is 12.1 Å². The van der Waals surface area contributed by atoms with Gasteiger partial charge in [0.2, 0.25) is 0 Å². The molecule has 1 fully saturated rings. The summed E-state index contributed by atoms with van der Waals surface area (Å²) in [4.78, 5) is 19.2. The Balaban J connectivity index is 1.41. The molecule has 1 aliphatic heterocycles. The van der Waals surface area contributed by atoms with Gasteiger partial charge in [0, 0.05) is 37.0 Å². The Morgan fingerprint density at radius 1 is 1.19 bits per heavy atom. The Morgan fingerprint density at radius 3 is 2.81 bits per heavy atom. The molecular weight excluding hydrogens is 343 g/mol. The minimum atomic E-state index is -0.261. The van der Waals surface area contributed by atoms with Crippen LogP contribution in [0.25, 0.3) is 5.69 Å². The summed E-state index contributed by atoms with van der Waals surface area (Å²) < 4.78 is 14.8. The topological polar surface area (TPSA) is 51.0 Å². The molecule has 27 heavy (non-hydrogen) atoms. The summed E-state index contributed by atoms with van der Waals surface area (Å²) in [5.74, 6) is -0.147. The predicted molar refractivity (Wildman–Crippen MR) is 100 cm³/mol. The largest absolute Gasteiger partial charge is 0.298 e. The number of piperidine rings is 1. The van der Waals surface area contributed by atoms with Crippen LogP contribution in [0, 0.1) is 11.7 Å². The number of carbonyl (C=O) groups excluding carboxylic acids is 1. The standard InChI is InChI=1S/C21H21FN4O/c22-18-6-8-19(9-7-18)26-14-16(12-24-26)13-25-11-3-4-17(15-25)21(27)20-5-1-2-10-23-20/h1-2,5-10,12,14,17H,3-4,11,13,15H2. The second-order valence-electron chi connectivity index (χ2n) is 6.92. The Bertz CT molecular complexity index is 907. The summed E-state index contributed by atoms with van der Waals surface area (Å²) in [5.41, 5.74) is 2.45. The molecule has 6 heteroatoms. The summed E-state index contributed by atoms with van der Waals surface area (Å²) in [7, 11) is 0. The highest BCUT2D eigenvalue weighted by Gasteiger charge is 2.27. The van der Waals surface area contributed by atoms with Gasteiger partial charge in [-0.05, 0) is 55.8 Å². The Kier molecular flexibility index (Phi) is 5.07. The highest BCUT2D eigenvalue weighted by Crippen LogP contribution is 2.22. The number of hydrogen-bond acceptors (Lipinski definition) is 4. The predicted octanol–water partition coefficient (Wildman–Crippen LogP) is 3.50. The van der Waals surface area contributed by atoms with Crippen molar-refractivity contribution in [3.05, 3.63) is 78.1 Å². The van der Waals surface area contributed by atoms with Gasteiger partial charge < -0.3 is 0 Å². The van der Waals surface area contributed by atoms with Crippen LogP contribution in [-0.4, -0.2) is 38.5 Å². The fourth-order valence-corrected chi connectivity index (χ4v) is 3.57. The maximum absolute atomic E-state index is 13.1. The molecule has 138 valence electrons. The fourth-order valence-electron chi connectivity index (χ4n) is 3.57. The van der Waals surface area contributed by atoms with Gasteiger partial charge in [-0.25, -0.2) is 9.07 Å². The number of nitrogens with zero attached hydrogens (tertiary/aromatic N) is 4. The second-order valence-corrected chi connectivity index (χ2v) is 6.92. The van der Waals surface area contributed by atoms with Gasteiger partial charge >= 0.3 is 0 Å². The lowest BCUT2D eigenvalue weighted by atomic mass is 9.92. The third-order valence-electron chi connectivity index (χ3n) is 4.93. The van der Waals surface area contributed by atoms with Crippen molar-refractivity contribution in [3.63, 3.8) is 0 Å². The summed E-state index contributed by atoms with van der Waals surface area (Å²) in [6.07, 6.45) is 7.35. The molecule has 5 nitrogen and oxygen atoms in total. The zero-order valence-electron chi connectivity index (χ0n) is 15.0. The van der Waals surface area contributed by atoms with Gasteiger partial charge in [-0.15, -0.1) is 0 Å². The lowest BCUT2D eigenvalue weighted by Gasteiger charge is -2.31. The van der Waals surface area contributed by atoms with Crippen molar-refractivity contribution in [3.8, 4) is 5.69 Å². The first-order chi connectivity index (χ1) is 13.2. The van der Waals surface area contributed by atoms with Crippen LogP contribution in [0.4, 0.5) is 4.39 Å². The molecule has 0 amide bonds. The van der Waals surface area contributed by atoms with E-state index in [4.69, 9.17) is 0 Å². The van der Waals surface area contributed by atoms with Crippen LogP contribution in [0.15, 0.2) is 61.1 Å². The van der Waals surface area contributed by atoms with E-state index in [1.807, 2.05) is 24.5 Å². The molecule has 1 unspecified atom stereocenters. The van der Waals surface area contributed by atoms with Crippen molar-refractivity contribution in [2.45, 2.75) is 19.4 Å². The van der Waals surface area contributed by atoms with Gasteiger partial charge in [-0.1, -0.05) is 6.07 Å². The van der Waals surface area contributed by atoms with Gasteiger partial charge in [0.25, 0.3) is 0 Å². The molecule has 0 N–H and O–H groups in total. The number of aromatic nitrogens is 3. The highest BCUT2D eigenvalue weighted by atomic mass is 19.1. The molecule has 1 aliphatic rings. The third-order valence-corrected chi connectivity index (χ3v) is 4.93. The van der Waals surface area contributed by atoms with Crippen LogP contribution < -0.4 is 0 Å². The average Bonchev–Trinajstić information content (AvgIpc) is 3.17. The molecule has 2 aromatic heterocycles. The number of carbonyl (C=O) groups is 1. The van der Waals surface area contributed by atoms with Crippen molar-refractivity contribution in [2.24, 2.45) is 5.92 Å². The molecule has 3 heterocycles. The lowest BCUT2D eigenvalue weighted by molar-refractivity contribution is 0.0806. The minimum Gasteiger partial charge on any atom is -0.298 e. The number of rotatable bonds is 5. The molecule has 0 bridgehead atoms. The summed E-state index contributed by atoms with van der Waals surface area (Å²) in [6.45, 7) is 2.44. The smallest absolute Gasteiger partial charge is 0.185 e. The van der Waals surface area contributed by atoms with E-state index in [9.17, 15) is 9.18 Å². The van der Waals surface area contributed by atoms with Crippen LogP contribution in [-0.2, 0) is 6.54 Å². The van der Waals surface area contributed by atoms with E-state index >= 15 is 0 Å². The molecule has 1 aromatic carbocycles. The van der Waals surface area contributed by atoms with E-state index in [2.05, 4.69) is 15.0 Å². The average molecular weight is 364 g/mol. The maximum Gasteiger partial charge on any atom is 0.185 e. The maximum atomic E-state index is 13.1. The SMILES string of the molecule is O=C(c1ccccn1)C1CCCN(Cc2cnn(-c3ccc(F)cc3)c2)C1. The van der Waals surface area contributed by atoms with E-state index in [-0.39, 0.29) is 17.5 Å². The molecule has 0 saturated carbocycles. The summed E-state index contributed by atoms with van der Waals surface area (Å²) in [6, 6.07) is 11.7. The van der Waals surface area contributed by atoms with Gasteiger partial charge in [0.05, 0.1) is 11.9 Å². The van der Waals surface area contributed by atoms with Crippen molar-refractivity contribution in [1.29, 1.82) is 0 Å². The van der Waals surface area contributed by atoms with E-state index in [0.717, 1.165) is 43.7 Å². The van der Waals surface area contributed by atoms with E-state index in [1.54, 1.807) is 29.1 Å². The highest BCUT2D eigenvalue weighted by molar-refractivity contribution is 5.96. The number of halogens is 1. The van der Waals surface area contributed by atoms with Crippen molar-refractivity contribution in [2.75, 3.05) is 13.1 Å². The van der Waals surface area contributed by atoms with Crippen LogP contribution in [0.2, 0.25) is 0 Å². The summed E-state index contributed by atoms with van der Waals surface area (Å²) >= 11 is 0. The molecule has 3 aromatic rings. The van der Waals surface area contributed by atoms with Gasteiger partial charge in [-0.2, -0.15) is 5.10 Å². The van der Waals surface area contributed by atoms with E-state index < -0.39 is 0 Å². The molecule has 0 aliphatic carbocycles.